The van der Waals surface area contributed by atoms with Crippen LogP contribution in [0.15, 0.2) is 24.7 Å². The predicted molar refractivity (Wildman–Crippen MR) is 54.4 cm³/mol. The number of halogens is 1. The highest BCUT2D eigenvalue weighted by molar-refractivity contribution is 5.25. The fourth-order valence-electron chi connectivity index (χ4n) is 1.51. The molecule has 0 aromatic carbocycles. The first-order valence-electron chi connectivity index (χ1n) is 4.64. The van der Waals surface area contributed by atoms with Gasteiger partial charge in [0.1, 0.15) is 5.82 Å². The molecule has 0 fully saturated rings. The van der Waals surface area contributed by atoms with E-state index in [1.54, 1.807) is 13.1 Å². The summed E-state index contributed by atoms with van der Waals surface area (Å²) in [5.41, 5.74) is 3.61. The van der Waals surface area contributed by atoms with Gasteiger partial charge in [-0.1, -0.05) is 5.21 Å². The van der Waals surface area contributed by atoms with Crippen LogP contribution >= 0.6 is 0 Å². The summed E-state index contributed by atoms with van der Waals surface area (Å²) in [5.74, 6) is 5.00. The van der Waals surface area contributed by atoms with Crippen molar-refractivity contribution in [2.24, 2.45) is 12.9 Å². The molecule has 0 radical (unpaired) electrons. The monoisotopic (exact) mass is 222 g/mol. The fourth-order valence-corrected chi connectivity index (χ4v) is 1.51. The summed E-state index contributed by atoms with van der Waals surface area (Å²) >= 11 is 0. The molecule has 0 spiro atoms. The van der Waals surface area contributed by atoms with Crippen LogP contribution in [0.5, 0.6) is 0 Å². The van der Waals surface area contributed by atoms with Crippen molar-refractivity contribution in [3.63, 3.8) is 0 Å². The largest absolute Gasteiger partial charge is 0.271 e. The van der Waals surface area contributed by atoms with Crippen molar-refractivity contribution in [2.45, 2.75) is 6.04 Å². The highest BCUT2D eigenvalue weighted by atomic mass is 19.1. The van der Waals surface area contributed by atoms with Gasteiger partial charge in [0, 0.05) is 18.8 Å². The molecule has 0 aliphatic rings. The lowest BCUT2D eigenvalue weighted by atomic mass is 10.1. The molecule has 1 unspecified atom stereocenters. The molecule has 0 amide bonds. The van der Waals surface area contributed by atoms with Crippen molar-refractivity contribution >= 4 is 0 Å². The Hall–Kier alpha value is -1.86. The second kappa shape index (κ2) is 4.33. The molecular weight excluding hydrogens is 211 g/mol. The van der Waals surface area contributed by atoms with Gasteiger partial charge >= 0.3 is 0 Å². The lowest BCUT2D eigenvalue weighted by Gasteiger charge is -2.16. The zero-order valence-corrected chi connectivity index (χ0v) is 8.63. The van der Waals surface area contributed by atoms with Crippen LogP contribution in [0.1, 0.15) is 17.3 Å². The molecule has 84 valence electrons. The number of hydrogen-bond acceptors (Lipinski definition) is 5. The van der Waals surface area contributed by atoms with Crippen LogP contribution in [0.4, 0.5) is 4.39 Å². The summed E-state index contributed by atoms with van der Waals surface area (Å²) in [6.07, 6.45) is 4.18. The zero-order valence-electron chi connectivity index (χ0n) is 8.63. The van der Waals surface area contributed by atoms with Crippen molar-refractivity contribution in [1.29, 1.82) is 0 Å². The predicted octanol–water partition coefficient (Wildman–Crippen LogP) is -0.0981. The number of hydrogen-bond donors (Lipinski definition) is 2. The summed E-state index contributed by atoms with van der Waals surface area (Å²) in [6.45, 7) is 0. The molecule has 2 aromatic heterocycles. The third kappa shape index (κ3) is 1.77. The van der Waals surface area contributed by atoms with Gasteiger partial charge in [-0.15, -0.1) is 5.10 Å². The van der Waals surface area contributed by atoms with Gasteiger partial charge in [0.05, 0.1) is 24.1 Å². The molecule has 16 heavy (non-hydrogen) atoms. The van der Waals surface area contributed by atoms with Crippen molar-refractivity contribution < 1.29 is 4.39 Å². The van der Waals surface area contributed by atoms with E-state index in [0.717, 1.165) is 6.20 Å². The van der Waals surface area contributed by atoms with Crippen molar-refractivity contribution in [3.05, 3.63) is 41.7 Å². The number of aryl methyl sites for hydroxylation is 1. The van der Waals surface area contributed by atoms with Gasteiger partial charge in [0.2, 0.25) is 0 Å². The number of aromatic nitrogens is 4. The Bertz CT molecular complexity index is 482. The van der Waals surface area contributed by atoms with E-state index in [0.29, 0.717) is 11.3 Å². The Balaban J connectivity index is 2.45. The van der Waals surface area contributed by atoms with Crippen molar-refractivity contribution in [3.8, 4) is 0 Å². The van der Waals surface area contributed by atoms with Gasteiger partial charge in [0.25, 0.3) is 0 Å². The fraction of sp³-hybridized carbons (Fsp3) is 0.222. The Morgan fingerprint density at radius 2 is 2.31 bits per heavy atom. The average molecular weight is 222 g/mol. The van der Waals surface area contributed by atoms with Crippen LogP contribution in [-0.4, -0.2) is 20.0 Å². The molecule has 3 N–H and O–H groups in total. The van der Waals surface area contributed by atoms with Gasteiger partial charge < -0.3 is 0 Å². The summed E-state index contributed by atoms with van der Waals surface area (Å²) in [4.78, 5) is 3.68. The molecule has 0 aliphatic heterocycles. The van der Waals surface area contributed by atoms with E-state index in [1.165, 1.54) is 17.1 Å². The first kappa shape index (κ1) is 10.7. The molecule has 7 heteroatoms. The average Bonchev–Trinajstić information content (AvgIpc) is 2.69. The number of nitrogens with one attached hydrogen (secondary N) is 1. The zero-order chi connectivity index (χ0) is 11.5. The standard InChI is InChI=1S/C9H11FN6/c1-16-8(5-13-15-16)9(14-11)6-2-3-12-4-7(6)10/h2-5,9,14H,11H2,1H3. The molecule has 2 rings (SSSR count). The van der Waals surface area contributed by atoms with Crippen LogP contribution in [0.3, 0.4) is 0 Å². The highest BCUT2D eigenvalue weighted by Crippen LogP contribution is 2.21. The van der Waals surface area contributed by atoms with Gasteiger partial charge in [-0.25, -0.2) is 9.82 Å². The van der Waals surface area contributed by atoms with E-state index in [9.17, 15) is 4.39 Å². The summed E-state index contributed by atoms with van der Waals surface area (Å²) in [6, 6.07) is 1.07. The van der Waals surface area contributed by atoms with Gasteiger partial charge in [-0.2, -0.15) is 0 Å². The quantitative estimate of drug-likeness (QED) is 0.560. The van der Waals surface area contributed by atoms with Crippen LogP contribution in [0, 0.1) is 5.82 Å². The van der Waals surface area contributed by atoms with E-state index in [4.69, 9.17) is 5.84 Å². The molecule has 6 nitrogen and oxygen atoms in total. The van der Waals surface area contributed by atoms with Crippen LogP contribution in [0.25, 0.3) is 0 Å². The van der Waals surface area contributed by atoms with Crippen molar-refractivity contribution in [2.75, 3.05) is 0 Å². The number of pyridine rings is 1. The molecule has 0 saturated heterocycles. The molecule has 0 aliphatic carbocycles. The smallest absolute Gasteiger partial charge is 0.146 e. The lowest BCUT2D eigenvalue weighted by Crippen LogP contribution is -2.31. The van der Waals surface area contributed by atoms with Crippen LogP contribution < -0.4 is 11.3 Å². The Labute approximate surface area is 91.3 Å². The second-order valence-corrected chi connectivity index (χ2v) is 3.28. The minimum atomic E-state index is -0.497. The molecule has 2 aromatic rings. The maximum absolute atomic E-state index is 13.5. The molecular formula is C9H11FN6. The minimum Gasteiger partial charge on any atom is -0.271 e. The first-order chi connectivity index (χ1) is 7.74. The van der Waals surface area contributed by atoms with E-state index in [-0.39, 0.29) is 0 Å². The topological polar surface area (TPSA) is 81.7 Å². The maximum Gasteiger partial charge on any atom is 0.146 e. The van der Waals surface area contributed by atoms with Crippen LogP contribution in [0.2, 0.25) is 0 Å². The number of nitrogens with zero attached hydrogens (tertiary/aromatic N) is 4. The second-order valence-electron chi connectivity index (χ2n) is 3.28. The summed E-state index contributed by atoms with van der Waals surface area (Å²) < 4.78 is 15.1. The lowest BCUT2D eigenvalue weighted by molar-refractivity contribution is 0.528. The van der Waals surface area contributed by atoms with E-state index in [1.807, 2.05) is 0 Å². The van der Waals surface area contributed by atoms with Crippen LogP contribution in [-0.2, 0) is 7.05 Å². The summed E-state index contributed by atoms with van der Waals surface area (Å²) in [7, 11) is 1.71. The number of rotatable bonds is 3. The van der Waals surface area contributed by atoms with Gasteiger partial charge in [-0.3, -0.25) is 15.5 Å². The first-order valence-corrected chi connectivity index (χ1v) is 4.64. The van der Waals surface area contributed by atoms with E-state index < -0.39 is 11.9 Å². The Morgan fingerprint density at radius 1 is 1.50 bits per heavy atom. The Kier molecular flexibility index (Phi) is 2.88. The van der Waals surface area contributed by atoms with Crippen molar-refractivity contribution in [1.82, 2.24) is 25.4 Å². The molecule has 0 saturated carbocycles. The van der Waals surface area contributed by atoms with Gasteiger partial charge in [-0.05, 0) is 6.07 Å². The maximum atomic E-state index is 13.5. The SMILES string of the molecule is Cn1nncc1C(NN)c1ccncc1F. The Morgan fingerprint density at radius 3 is 2.88 bits per heavy atom. The third-order valence-electron chi connectivity index (χ3n) is 2.33. The number of nitrogens with two attached hydrogens (primary N) is 1. The van der Waals surface area contributed by atoms with E-state index in [2.05, 4.69) is 20.7 Å². The number of hydrazine groups is 1. The minimum absolute atomic E-state index is 0.405. The molecule has 2 heterocycles. The third-order valence-corrected chi connectivity index (χ3v) is 2.33. The molecule has 0 bridgehead atoms. The highest BCUT2D eigenvalue weighted by Gasteiger charge is 2.19. The van der Waals surface area contributed by atoms with Gasteiger partial charge in [0.15, 0.2) is 0 Å². The molecule has 1 atom stereocenters. The van der Waals surface area contributed by atoms with E-state index >= 15 is 0 Å². The summed E-state index contributed by atoms with van der Waals surface area (Å²) in [5, 5.41) is 7.50. The normalized spacial score (nSPS) is 12.7.